The zero-order chi connectivity index (χ0) is 22.2. The number of anilines is 1. The van der Waals surface area contributed by atoms with Crippen molar-refractivity contribution in [1.82, 2.24) is 10.2 Å². The van der Waals surface area contributed by atoms with E-state index >= 15 is 0 Å². The second-order valence-corrected chi connectivity index (χ2v) is 6.55. The number of urea groups is 1. The second-order valence-electron chi connectivity index (χ2n) is 6.55. The van der Waals surface area contributed by atoms with Gasteiger partial charge in [-0.05, 0) is 36.8 Å². The van der Waals surface area contributed by atoms with E-state index in [1.54, 1.807) is 0 Å². The first-order valence-corrected chi connectivity index (χ1v) is 8.36. The maximum Gasteiger partial charge on any atom is 0.325 e. The minimum Gasteiger partial charge on any atom is -0.324 e. The van der Waals surface area contributed by atoms with Gasteiger partial charge in [0.15, 0.2) is 11.6 Å². The molecule has 2 aromatic carbocycles. The smallest absolute Gasteiger partial charge is 0.324 e. The van der Waals surface area contributed by atoms with E-state index in [9.17, 15) is 37.7 Å². The van der Waals surface area contributed by atoms with Crippen LogP contribution in [0.2, 0.25) is 0 Å². The van der Waals surface area contributed by atoms with Gasteiger partial charge in [0.1, 0.15) is 12.1 Å². The second kappa shape index (κ2) is 7.46. The van der Waals surface area contributed by atoms with Gasteiger partial charge in [-0.3, -0.25) is 24.6 Å². The fourth-order valence-electron chi connectivity index (χ4n) is 2.92. The summed E-state index contributed by atoms with van der Waals surface area (Å²) in [5.74, 6) is -5.24. The Morgan fingerprint density at radius 1 is 1.13 bits per heavy atom. The zero-order valence-electron chi connectivity index (χ0n) is 15.2. The molecule has 0 saturated carbocycles. The Balaban J connectivity index is 1.77. The van der Waals surface area contributed by atoms with E-state index < -0.39 is 58.0 Å². The Kier molecular flexibility index (Phi) is 5.16. The Hall–Kier alpha value is -3.96. The monoisotopic (exact) mass is 422 g/mol. The topological polar surface area (TPSA) is 122 Å². The normalized spacial score (nSPS) is 18.3. The standard InChI is InChI=1S/C18H13F3N4O5/c1-18(9-2-4-11(19)13(21)6-9)16(27)24(17(28)23-18)8-15(26)22-10-3-5-12(20)14(7-10)25(29)30/h2-7H,8H2,1H3,(H,22,26)(H,23,28). The number of nitro groups is 1. The summed E-state index contributed by atoms with van der Waals surface area (Å²) in [5, 5.41) is 15.3. The van der Waals surface area contributed by atoms with Crippen molar-refractivity contribution in [2.24, 2.45) is 0 Å². The lowest BCUT2D eigenvalue weighted by Gasteiger charge is -2.22. The number of benzene rings is 2. The van der Waals surface area contributed by atoms with Crippen LogP contribution in [0.4, 0.5) is 29.3 Å². The molecule has 1 aliphatic rings. The minimum atomic E-state index is -1.74. The lowest BCUT2D eigenvalue weighted by atomic mass is 9.92. The van der Waals surface area contributed by atoms with Crippen molar-refractivity contribution in [3.05, 3.63) is 69.5 Å². The quantitative estimate of drug-likeness (QED) is 0.435. The van der Waals surface area contributed by atoms with Gasteiger partial charge < -0.3 is 10.6 Å². The summed E-state index contributed by atoms with van der Waals surface area (Å²) in [5.41, 5.74) is -2.75. The van der Waals surface area contributed by atoms with Crippen LogP contribution in [0, 0.1) is 27.6 Å². The summed E-state index contributed by atoms with van der Waals surface area (Å²) in [6.07, 6.45) is 0. The highest BCUT2D eigenvalue weighted by atomic mass is 19.2. The molecule has 2 aromatic rings. The van der Waals surface area contributed by atoms with Crippen molar-refractivity contribution < 1.29 is 32.5 Å². The minimum absolute atomic E-state index is 0.0307. The lowest BCUT2D eigenvalue weighted by molar-refractivity contribution is -0.387. The highest BCUT2D eigenvalue weighted by Gasteiger charge is 2.49. The van der Waals surface area contributed by atoms with Gasteiger partial charge in [0.2, 0.25) is 11.7 Å². The van der Waals surface area contributed by atoms with Crippen LogP contribution in [-0.2, 0) is 15.1 Å². The van der Waals surface area contributed by atoms with Crippen LogP contribution in [0.3, 0.4) is 0 Å². The highest BCUT2D eigenvalue weighted by Crippen LogP contribution is 2.30. The van der Waals surface area contributed by atoms with Gasteiger partial charge in [-0.1, -0.05) is 6.07 Å². The molecule has 12 heteroatoms. The van der Waals surface area contributed by atoms with Crippen LogP contribution in [0.25, 0.3) is 0 Å². The third kappa shape index (κ3) is 3.66. The first kappa shape index (κ1) is 20.8. The Morgan fingerprint density at radius 2 is 1.80 bits per heavy atom. The van der Waals surface area contributed by atoms with Crippen LogP contribution in [0.5, 0.6) is 0 Å². The molecule has 0 bridgehead atoms. The number of nitrogens with one attached hydrogen (secondary N) is 2. The van der Waals surface area contributed by atoms with E-state index in [4.69, 9.17) is 0 Å². The van der Waals surface area contributed by atoms with E-state index in [1.807, 2.05) is 0 Å². The molecule has 1 aliphatic heterocycles. The molecule has 1 heterocycles. The molecule has 0 aromatic heterocycles. The van der Waals surface area contributed by atoms with Crippen LogP contribution in [-0.4, -0.2) is 34.2 Å². The van der Waals surface area contributed by atoms with Gasteiger partial charge in [-0.2, -0.15) is 4.39 Å². The number of imide groups is 1. The van der Waals surface area contributed by atoms with E-state index in [0.29, 0.717) is 4.90 Å². The third-order valence-electron chi connectivity index (χ3n) is 4.50. The van der Waals surface area contributed by atoms with Crippen molar-refractivity contribution in [3.63, 3.8) is 0 Å². The van der Waals surface area contributed by atoms with Crippen LogP contribution < -0.4 is 10.6 Å². The first-order valence-electron chi connectivity index (χ1n) is 8.36. The molecular weight excluding hydrogens is 409 g/mol. The number of halogens is 3. The molecule has 156 valence electrons. The SMILES string of the molecule is CC1(c2ccc(F)c(F)c2)NC(=O)N(CC(=O)Nc2ccc(F)c([N+](=O)[O-])c2)C1=O. The maximum atomic E-state index is 13.5. The molecule has 3 rings (SSSR count). The molecule has 30 heavy (non-hydrogen) atoms. The van der Waals surface area contributed by atoms with Gasteiger partial charge in [-0.15, -0.1) is 0 Å². The van der Waals surface area contributed by atoms with Crippen molar-refractivity contribution in [2.75, 3.05) is 11.9 Å². The molecule has 0 aliphatic carbocycles. The van der Waals surface area contributed by atoms with Crippen LogP contribution >= 0.6 is 0 Å². The van der Waals surface area contributed by atoms with Crippen molar-refractivity contribution in [2.45, 2.75) is 12.5 Å². The van der Waals surface area contributed by atoms with Crippen molar-refractivity contribution in [1.29, 1.82) is 0 Å². The van der Waals surface area contributed by atoms with Gasteiger partial charge in [0, 0.05) is 11.8 Å². The maximum absolute atomic E-state index is 13.5. The molecule has 1 unspecified atom stereocenters. The summed E-state index contributed by atoms with van der Waals surface area (Å²) in [7, 11) is 0. The predicted octanol–water partition coefficient (Wildman–Crippen LogP) is 2.42. The average molecular weight is 422 g/mol. The van der Waals surface area contributed by atoms with Gasteiger partial charge in [0.05, 0.1) is 4.92 Å². The molecule has 1 atom stereocenters. The molecule has 2 N–H and O–H groups in total. The number of hydrogen-bond donors (Lipinski definition) is 2. The number of rotatable bonds is 5. The van der Waals surface area contributed by atoms with Crippen molar-refractivity contribution in [3.8, 4) is 0 Å². The van der Waals surface area contributed by atoms with Gasteiger partial charge >= 0.3 is 11.7 Å². The molecule has 9 nitrogen and oxygen atoms in total. The summed E-state index contributed by atoms with van der Waals surface area (Å²) in [4.78, 5) is 47.5. The van der Waals surface area contributed by atoms with E-state index in [1.165, 1.54) is 6.92 Å². The summed E-state index contributed by atoms with van der Waals surface area (Å²) < 4.78 is 40.1. The summed E-state index contributed by atoms with van der Waals surface area (Å²) in [6.45, 7) is 0.496. The average Bonchev–Trinajstić information content (AvgIpc) is 2.89. The third-order valence-corrected chi connectivity index (χ3v) is 4.50. The number of nitro benzene ring substituents is 1. The Morgan fingerprint density at radius 3 is 2.43 bits per heavy atom. The molecular formula is C18H13F3N4O5. The summed E-state index contributed by atoms with van der Waals surface area (Å²) in [6, 6.07) is 4.36. The Labute approximate surface area is 166 Å². The predicted molar refractivity (Wildman–Crippen MR) is 95.6 cm³/mol. The van der Waals surface area contributed by atoms with Crippen molar-refractivity contribution >= 4 is 29.2 Å². The fourth-order valence-corrected chi connectivity index (χ4v) is 2.92. The van der Waals surface area contributed by atoms with E-state index in [-0.39, 0.29) is 11.3 Å². The zero-order valence-corrected chi connectivity index (χ0v) is 15.2. The fraction of sp³-hybridized carbons (Fsp3) is 0.167. The number of amides is 4. The van der Waals surface area contributed by atoms with E-state index in [2.05, 4.69) is 10.6 Å². The lowest BCUT2D eigenvalue weighted by Crippen LogP contribution is -2.42. The number of carbonyl (C=O) groups excluding carboxylic acids is 3. The number of nitrogens with zero attached hydrogens (tertiary/aromatic N) is 2. The van der Waals surface area contributed by atoms with Crippen LogP contribution in [0.1, 0.15) is 12.5 Å². The Bertz CT molecular complexity index is 1090. The van der Waals surface area contributed by atoms with Gasteiger partial charge in [-0.25, -0.2) is 13.6 Å². The van der Waals surface area contributed by atoms with Crippen LogP contribution in [0.15, 0.2) is 36.4 Å². The van der Waals surface area contributed by atoms with E-state index in [0.717, 1.165) is 36.4 Å². The molecule has 0 radical (unpaired) electrons. The molecule has 1 saturated heterocycles. The summed E-state index contributed by atoms with van der Waals surface area (Å²) >= 11 is 0. The largest absolute Gasteiger partial charge is 0.325 e. The number of hydrogen-bond acceptors (Lipinski definition) is 5. The molecule has 0 spiro atoms. The highest BCUT2D eigenvalue weighted by molar-refractivity contribution is 6.10. The number of carbonyl (C=O) groups is 3. The molecule has 4 amide bonds. The van der Waals surface area contributed by atoms with Gasteiger partial charge in [0.25, 0.3) is 5.91 Å². The first-order chi connectivity index (χ1) is 14.0. The molecule has 1 fully saturated rings.